The van der Waals surface area contributed by atoms with Gasteiger partial charge in [0.15, 0.2) is 0 Å². The van der Waals surface area contributed by atoms with E-state index < -0.39 is 29.2 Å². The van der Waals surface area contributed by atoms with Gasteiger partial charge in [0, 0.05) is 17.2 Å². The maximum atomic E-state index is 12.1. The Morgan fingerprint density at radius 3 is 2.36 bits per heavy atom. The second-order valence-corrected chi connectivity index (χ2v) is 5.47. The second kappa shape index (κ2) is 6.19. The molecular formula is C16H18O6. The smallest absolute Gasteiger partial charge is 0.234 e. The number of rotatable bonds is 5. The fraction of sp³-hybridized carbons (Fsp3) is 0.375. The molecule has 6 nitrogen and oxygen atoms in total. The molecule has 0 spiro atoms. The zero-order chi connectivity index (χ0) is 16.4. The first-order valence-corrected chi connectivity index (χ1v) is 7.08. The highest BCUT2D eigenvalue weighted by atomic mass is 16.3. The predicted molar refractivity (Wildman–Crippen MR) is 78.8 cm³/mol. The van der Waals surface area contributed by atoms with E-state index in [2.05, 4.69) is 0 Å². The number of ketones is 2. The number of aliphatic hydroxyl groups is 2. The van der Waals surface area contributed by atoms with Gasteiger partial charge in [0.1, 0.15) is 17.3 Å². The maximum absolute atomic E-state index is 12.1. The molecule has 6 heteroatoms. The van der Waals surface area contributed by atoms with Gasteiger partial charge in [-0.2, -0.15) is 0 Å². The zero-order valence-corrected chi connectivity index (χ0v) is 12.2. The third-order valence-corrected chi connectivity index (χ3v) is 3.65. The van der Waals surface area contributed by atoms with Crippen LogP contribution in [0.4, 0.5) is 0 Å². The number of Topliss-reactive ketones (excluding diaryl/α,β-unsaturated/α-hetero) is 2. The SMILES string of the molecule is C[C@H](O)CCCCC1=C(O)c2c(O)cc(O)cc2C(=O)C1=O. The molecule has 1 aliphatic rings. The molecule has 0 aliphatic heterocycles. The number of carbonyl (C=O) groups excluding carboxylic acids is 2. The van der Waals surface area contributed by atoms with Crippen molar-refractivity contribution >= 4 is 17.3 Å². The Kier molecular flexibility index (Phi) is 4.51. The number of unbranched alkanes of at least 4 members (excludes halogenated alkanes) is 1. The minimum absolute atomic E-state index is 0.0379. The van der Waals surface area contributed by atoms with E-state index in [1.165, 1.54) is 0 Å². The molecule has 1 aromatic rings. The molecule has 0 aromatic heterocycles. The van der Waals surface area contributed by atoms with Gasteiger partial charge in [-0.15, -0.1) is 0 Å². The van der Waals surface area contributed by atoms with Crippen molar-refractivity contribution in [2.45, 2.75) is 38.7 Å². The molecule has 0 bridgehead atoms. The molecule has 0 unspecified atom stereocenters. The Morgan fingerprint density at radius 1 is 1.05 bits per heavy atom. The largest absolute Gasteiger partial charge is 0.508 e. The van der Waals surface area contributed by atoms with Gasteiger partial charge < -0.3 is 20.4 Å². The summed E-state index contributed by atoms with van der Waals surface area (Å²) in [4.78, 5) is 24.1. The number of hydrogen-bond donors (Lipinski definition) is 4. The van der Waals surface area contributed by atoms with E-state index in [1.54, 1.807) is 6.92 Å². The quantitative estimate of drug-likeness (QED) is 0.489. The standard InChI is InChI=1S/C16H18O6/c1-8(17)4-2-3-5-10-14(20)13-11(16(22)15(10)21)6-9(18)7-12(13)19/h6-8,17-20H,2-5H2,1H3/t8-/m0/s1. The van der Waals surface area contributed by atoms with Gasteiger partial charge in [-0.3, -0.25) is 9.59 Å². The van der Waals surface area contributed by atoms with E-state index in [0.29, 0.717) is 19.3 Å². The van der Waals surface area contributed by atoms with Crippen molar-refractivity contribution in [2.75, 3.05) is 0 Å². The number of phenolic OH excluding ortho intramolecular Hbond substituents is 2. The lowest BCUT2D eigenvalue weighted by molar-refractivity contribution is -0.112. The topological polar surface area (TPSA) is 115 Å². The summed E-state index contributed by atoms with van der Waals surface area (Å²) in [6.45, 7) is 1.66. The average Bonchev–Trinajstić information content (AvgIpc) is 2.43. The Balaban J connectivity index is 2.33. The molecule has 0 fully saturated rings. The minimum Gasteiger partial charge on any atom is -0.508 e. The van der Waals surface area contributed by atoms with E-state index in [0.717, 1.165) is 12.1 Å². The summed E-state index contributed by atoms with van der Waals surface area (Å²) in [5.74, 6) is -2.91. The summed E-state index contributed by atoms with van der Waals surface area (Å²) >= 11 is 0. The molecule has 1 atom stereocenters. The summed E-state index contributed by atoms with van der Waals surface area (Å²) in [7, 11) is 0. The van der Waals surface area contributed by atoms with Crippen LogP contribution in [0, 0.1) is 0 Å². The number of fused-ring (bicyclic) bond motifs is 1. The molecule has 22 heavy (non-hydrogen) atoms. The molecule has 0 radical (unpaired) electrons. The van der Waals surface area contributed by atoms with Crippen molar-refractivity contribution in [1.82, 2.24) is 0 Å². The van der Waals surface area contributed by atoms with Gasteiger partial charge in [-0.25, -0.2) is 0 Å². The van der Waals surface area contributed by atoms with E-state index >= 15 is 0 Å². The van der Waals surface area contributed by atoms with E-state index in [-0.39, 0.29) is 28.9 Å². The fourth-order valence-electron chi connectivity index (χ4n) is 2.53. The molecule has 1 aliphatic carbocycles. The highest BCUT2D eigenvalue weighted by molar-refractivity contribution is 6.52. The maximum Gasteiger partial charge on any atom is 0.234 e. The first-order valence-electron chi connectivity index (χ1n) is 7.08. The summed E-state index contributed by atoms with van der Waals surface area (Å²) < 4.78 is 0. The predicted octanol–water partition coefficient (Wildman–Crippen LogP) is 2.07. The number of benzene rings is 1. The first kappa shape index (κ1) is 16.0. The van der Waals surface area contributed by atoms with Crippen LogP contribution in [0.15, 0.2) is 17.7 Å². The molecule has 0 heterocycles. The van der Waals surface area contributed by atoms with Crippen LogP contribution < -0.4 is 0 Å². The highest BCUT2D eigenvalue weighted by Crippen LogP contribution is 2.38. The fourth-order valence-corrected chi connectivity index (χ4v) is 2.53. The van der Waals surface area contributed by atoms with Gasteiger partial charge in [0.05, 0.1) is 11.7 Å². The van der Waals surface area contributed by atoms with E-state index in [4.69, 9.17) is 0 Å². The molecule has 0 saturated heterocycles. The van der Waals surface area contributed by atoms with Crippen molar-refractivity contribution in [3.8, 4) is 11.5 Å². The van der Waals surface area contributed by atoms with Crippen molar-refractivity contribution in [2.24, 2.45) is 0 Å². The van der Waals surface area contributed by atoms with Crippen molar-refractivity contribution in [3.05, 3.63) is 28.8 Å². The van der Waals surface area contributed by atoms with Crippen LogP contribution in [0.25, 0.3) is 5.76 Å². The zero-order valence-electron chi connectivity index (χ0n) is 12.2. The molecular weight excluding hydrogens is 288 g/mol. The highest BCUT2D eigenvalue weighted by Gasteiger charge is 2.34. The molecule has 1 aromatic carbocycles. The average molecular weight is 306 g/mol. The summed E-state index contributed by atoms with van der Waals surface area (Å²) in [5, 5.41) is 38.6. The lowest BCUT2D eigenvalue weighted by Gasteiger charge is -2.19. The third-order valence-electron chi connectivity index (χ3n) is 3.65. The van der Waals surface area contributed by atoms with Gasteiger partial charge >= 0.3 is 0 Å². The minimum atomic E-state index is -0.857. The molecule has 2 rings (SSSR count). The normalized spacial score (nSPS) is 15.9. The van der Waals surface area contributed by atoms with Crippen LogP contribution in [0.1, 0.15) is 48.5 Å². The van der Waals surface area contributed by atoms with Gasteiger partial charge in [-0.1, -0.05) is 6.42 Å². The summed E-state index contributed by atoms with van der Waals surface area (Å²) in [5.41, 5.74) is -0.357. The number of aromatic hydroxyl groups is 2. The van der Waals surface area contributed by atoms with Crippen LogP contribution in [0.3, 0.4) is 0 Å². The summed E-state index contributed by atoms with van der Waals surface area (Å²) in [6, 6.07) is 2.05. The Bertz CT molecular complexity index is 657. The Labute approximate surface area is 127 Å². The van der Waals surface area contributed by atoms with Crippen molar-refractivity contribution < 1.29 is 30.0 Å². The van der Waals surface area contributed by atoms with Gasteiger partial charge in [0.25, 0.3) is 0 Å². The monoisotopic (exact) mass is 306 g/mol. The number of phenols is 2. The Hall–Kier alpha value is -2.34. The molecule has 118 valence electrons. The van der Waals surface area contributed by atoms with Crippen LogP contribution in [0.2, 0.25) is 0 Å². The van der Waals surface area contributed by atoms with Crippen LogP contribution in [-0.4, -0.2) is 38.1 Å². The molecule has 0 amide bonds. The van der Waals surface area contributed by atoms with Crippen LogP contribution in [0.5, 0.6) is 11.5 Å². The van der Waals surface area contributed by atoms with Crippen LogP contribution >= 0.6 is 0 Å². The number of allylic oxidation sites excluding steroid dienone is 1. The van der Waals surface area contributed by atoms with Crippen molar-refractivity contribution in [1.29, 1.82) is 0 Å². The van der Waals surface area contributed by atoms with E-state index in [1.807, 2.05) is 0 Å². The molecule has 0 saturated carbocycles. The van der Waals surface area contributed by atoms with E-state index in [9.17, 15) is 30.0 Å². The van der Waals surface area contributed by atoms with Crippen molar-refractivity contribution in [3.63, 3.8) is 0 Å². The lowest BCUT2D eigenvalue weighted by Crippen LogP contribution is -2.24. The lowest BCUT2D eigenvalue weighted by atomic mass is 9.85. The summed E-state index contributed by atoms with van der Waals surface area (Å²) in [6.07, 6.45) is 1.47. The van der Waals surface area contributed by atoms with Crippen LogP contribution in [-0.2, 0) is 4.79 Å². The number of carbonyl (C=O) groups is 2. The first-order chi connectivity index (χ1) is 10.3. The molecule has 4 N–H and O–H groups in total. The number of aliphatic hydroxyl groups excluding tert-OH is 2. The number of hydrogen-bond acceptors (Lipinski definition) is 6. The second-order valence-electron chi connectivity index (χ2n) is 5.47. The Morgan fingerprint density at radius 2 is 1.73 bits per heavy atom. The van der Waals surface area contributed by atoms with Gasteiger partial charge in [0.2, 0.25) is 11.6 Å². The third kappa shape index (κ3) is 2.96. The van der Waals surface area contributed by atoms with Gasteiger partial charge in [-0.05, 0) is 32.3 Å².